The van der Waals surface area contributed by atoms with Crippen LogP contribution in [0.2, 0.25) is 0 Å². The smallest absolute Gasteiger partial charge is 0.266 e. The molecule has 1 aromatic heterocycles. The summed E-state index contributed by atoms with van der Waals surface area (Å²) in [6.45, 7) is 0.348. The Balaban J connectivity index is 1.31. The van der Waals surface area contributed by atoms with Gasteiger partial charge in [0.15, 0.2) is 5.16 Å². The maximum Gasteiger partial charge on any atom is 0.266 e. The van der Waals surface area contributed by atoms with E-state index in [1.54, 1.807) is 65.2 Å². The highest BCUT2D eigenvalue weighted by atomic mass is 32.2. The van der Waals surface area contributed by atoms with Gasteiger partial charge in [-0.15, -0.1) is 0 Å². The summed E-state index contributed by atoms with van der Waals surface area (Å²) < 4.78 is 1.57. The summed E-state index contributed by atoms with van der Waals surface area (Å²) in [5, 5.41) is 10.2. The van der Waals surface area contributed by atoms with E-state index >= 15 is 0 Å². The molecule has 35 heavy (non-hydrogen) atoms. The van der Waals surface area contributed by atoms with Crippen LogP contribution in [-0.2, 0) is 0 Å². The molecule has 0 radical (unpaired) electrons. The van der Waals surface area contributed by atoms with E-state index in [1.807, 2.05) is 12.1 Å². The van der Waals surface area contributed by atoms with Crippen LogP contribution in [0.25, 0.3) is 16.6 Å². The first-order valence-corrected chi connectivity index (χ1v) is 12.2. The van der Waals surface area contributed by atoms with Gasteiger partial charge in [0.2, 0.25) is 0 Å². The first-order chi connectivity index (χ1) is 17.1. The summed E-state index contributed by atoms with van der Waals surface area (Å²) in [4.78, 5) is 44.4. The fraction of sp³-hybridized carbons (Fsp3) is 0.148. The zero-order chi connectivity index (χ0) is 24.4. The number of para-hydroxylation sites is 1. The van der Waals surface area contributed by atoms with Crippen LogP contribution in [0.3, 0.4) is 0 Å². The summed E-state index contributed by atoms with van der Waals surface area (Å²) in [6.07, 6.45) is 1.38. The first-order valence-electron chi connectivity index (χ1n) is 11.2. The lowest BCUT2D eigenvalue weighted by Crippen LogP contribution is -2.30. The van der Waals surface area contributed by atoms with Crippen molar-refractivity contribution in [2.75, 3.05) is 12.3 Å². The number of unbranched alkanes of at least 4 members (excludes halogenated alkanes) is 1. The molecule has 4 aromatic rings. The number of aromatic nitrogens is 2. The van der Waals surface area contributed by atoms with Gasteiger partial charge < -0.3 is 0 Å². The van der Waals surface area contributed by atoms with Crippen molar-refractivity contribution in [3.05, 3.63) is 99.8 Å². The third-order valence-electron chi connectivity index (χ3n) is 5.88. The van der Waals surface area contributed by atoms with Gasteiger partial charge in [-0.3, -0.25) is 23.9 Å². The lowest BCUT2D eigenvalue weighted by atomic mass is 10.1. The number of benzene rings is 3. The number of carbonyl (C=O) groups is 2. The molecule has 1 aliphatic rings. The van der Waals surface area contributed by atoms with Gasteiger partial charge in [0.1, 0.15) is 0 Å². The van der Waals surface area contributed by atoms with Crippen LogP contribution in [-0.4, -0.2) is 38.6 Å². The Hall–Kier alpha value is -4.22. The first kappa shape index (κ1) is 22.6. The number of fused-ring (bicyclic) bond motifs is 2. The summed E-state index contributed by atoms with van der Waals surface area (Å²) in [6, 6.07) is 23.0. The molecular formula is C27H20N4O3S. The van der Waals surface area contributed by atoms with Gasteiger partial charge in [0.25, 0.3) is 17.4 Å². The number of amides is 2. The van der Waals surface area contributed by atoms with E-state index in [9.17, 15) is 14.4 Å². The van der Waals surface area contributed by atoms with Gasteiger partial charge >= 0.3 is 0 Å². The Morgan fingerprint density at radius 1 is 0.829 bits per heavy atom. The molecule has 2 amide bonds. The second-order valence-corrected chi connectivity index (χ2v) is 9.14. The molecule has 1 aliphatic heterocycles. The van der Waals surface area contributed by atoms with Crippen LogP contribution < -0.4 is 5.56 Å². The molecule has 0 saturated carbocycles. The zero-order valence-electron chi connectivity index (χ0n) is 18.7. The Bertz CT molecular complexity index is 1520. The molecule has 0 unspecified atom stereocenters. The Morgan fingerprint density at radius 3 is 2.17 bits per heavy atom. The van der Waals surface area contributed by atoms with Gasteiger partial charge in [-0.05, 0) is 61.4 Å². The molecule has 0 bridgehead atoms. The monoisotopic (exact) mass is 480 g/mol. The maximum absolute atomic E-state index is 13.3. The lowest BCUT2D eigenvalue weighted by Gasteiger charge is -2.15. The highest BCUT2D eigenvalue weighted by Crippen LogP contribution is 2.25. The number of thioether (sulfide) groups is 1. The number of nitriles is 1. The maximum atomic E-state index is 13.3. The summed E-state index contributed by atoms with van der Waals surface area (Å²) in [5.41, 5.74) is 2.51. The lowest BCUT2D eigenvalue weighted by molar-refractivity contribution is 0.0652. The molecule has 3 aromatic carbocycles. The molecule has 7 nitrogen and oxygen atoms in total. The van der Waals surface area contributed by atoms with Crippen molar-refractivity contribution in [1.29, 1.82) is 5.26 Å². The van der Waals surface area contributed by atoms with Crippen molar-refractivity contribution in [1.82, 2.24) is 14.5 Å². The molecule has 0 saturated heterocycles. The molecule has 0 N–H and O–H groups in total. The van der Waals surface area contributed by atoms with Crippen LogP contribution >= 0.6 is 11.8 Å². The number of nitrogens with zero attached hydrogens (tertiary/aromatic N) is 4. The molecule has 8 heteroatoms. The minimum atomic E-state index is -0.246. The van der Waals surface area contributed by atoms with Gasteiger partial charge in [0.05, 0.1) is 39.3 Å². The fourth-order valence-electron chi connectivity index (χ4n) is 4.10. The predicted molar refractivity (Wildman–Crippen MR) is 134 cm³/mol. The third kappa shape index (κ3) is 4.22. The molecule has 0 fully saturated rings. The van der Waals surface area contributed by atoms with Gasteiger partial charge in [-0.1, -0.05) is 36.0 Å². The average Bonchev–Trinajstić information content (AvgIpc) is 3.14. The van der Waals surface area contributed by atoms with E-state index in [0.29, 0.717) is 57.2 Å². The summed E-state index contributed by atoms with van der Waals surface area (Å²) in [5.74, 6) is 0.165. The highest BCUT2D eigenvalue weighted by molar-refractivity contribution is 7.99. The normalized spacial score (nSPS) is 12.7. The number of hydrogen-bond donors (Lipinski definition) is 0. The van der Waals surface area contributed by atoms with Crippen LogP contribution in [0, 0.1) is 11.3 Å². The van der Waals surface area contributed by atoms with Crippen molar-refractivity contribution in [3.63, 3.8) is 0 Å². The van der Waals surface area contributed by atoms with E-state index in [1.165, 1.54) is 16.7 Å². The van der Waals surface area contributed by atoms with E-state index in [0.717, 1.165) is 6.42 Å². The standard InChI is InChI=1S/C27H20N4O3S/c28-17-18-11-13-19(14-12-18)31-26(34)22-9-3-4-10-23(22)29-27(31)35-16-6-5-15-30-24(32)20-7-1-2-8-21(20)25(30)33/h1-4,7-14H,5-6,15-16H2. The second-order valence-electron chi connectivity index (χ2n) is 8.07. The van der Waals surface area contributed by atoms with Crippen molar-refractivity contribution in [2.45, 2.75) is 18.0 Å². The topological polar surface area (TPSA) is 96.1 Å². The van der Waals surface area contributed by atoms with Gasteiger partial charge in [-0.25, -0.2) is 4.98 Å². The largest absolute Gasteiger partial charge is 0.274 e. The van der Waals surface area contributed by atoms with E-state index in [4.69, 9.17) is 10.2 Å². The van der Waals surface area contributed by atoms with Crippen molar-refractivity contribution < 1.29 is 9.59 Å². The van der Waals surface area contributed by atoms with Crippen LogP contribution in [0.1, 0.15) is 39.1 Å². The number of hydrogen-bond acceptors (Lipinski definition) is 6. The second kappa shape index (κ2) is 9.57. The molecule has 0 spiro atoms. The fourth-order valence-corrected chi connectivity index (χ4v) is 5.11. The van der Waals surface area contributed by atoms with Crippen molar-refractivity contribution in [3.8, 4) is 11.8 Å². The molecule has 5 rings (SSSR count). The third-order valence-corrected chi connectivity index (χ3v) is 6.91. The van der Waals surface area contributed by atoms with Crippen LogP contribution in [0.5, 0.6) is 0 Å². The molecule has 172 valence electrons. The van der Waals surface area contributed by atoms with Crippen LogP contribution in [0.15, 0.2) is 82.7 Å². The predicted octanol–water partition coefficient (Wildman–Crippen LogP) is 4.43. The Labute approximate surface area is 205 Å². The van der Waals surface area contributed by atoms with Crippen molar-refractivity contribution in [2.24, 2.45) is 0 Å². The minimum absolute atomic E-state index is 0.172. The molecule has 0 aliphatic carbocycles. The Morgan fingerprint density at radius 2 is 1.49 bits per heavy atom. The molecular weight excluding hydrogens is 460 g/mol. The van der Waals surface area contributed by atoms with E-state index in [-0.39, 0.29) is 17.4 Å². The van der Waals surface area contributed by atoms with Gasteiger partial charge in [0, 0.05) is 12.3 Å². The minimum Gasteiger partial charge on any atom is -0.274 e. The van der Waals surface area contributed by atoms with E-state index < -0.39 is 0 Å². The average molecular weight is 481 g/mol. The molecule has 0 atom stereocenters. The van der Waals surface area contributed by atoms with Gasteiger partial charge in [-0.2, -0.15) is 5.26 Å². The van der Waals surface area contributed by atoms with Crippen molar-refractivity contribution >= 4 is 34.5 Å². The summed E-state index contributed by atoms with van der Waals surface area (Å²) >= 11 is 1.45. The number of imide groups is 1. The summed E-state index contributed by atoms with van der Waals surface area (Å²) in [7, 11) is 0. The Kier molecular flexibility index (Phi) is 6.17. The van der Waals surface area contributed by atoms with E-state index in [2.05, 4.69) is 6.07 Å². The molecule has 2 heterocycles. The quantitative estimate of drug-likeness (QED) is 0.168. The number of rotatable bonds is 7. The highest BCUT2D eigenvalue weighted by Gasteiger charge is 2.34. The zero-order valence-corrected chi connectivity index (χ0v) is 19.5. The van der Waals surface area contributed by atoms with Crippen LogP contribution in [0.4, 0.5) is 0 Å². The SMILES string of the molecule is N#Cc1ccc(-n2c(SCCCCN3C(=O)c4ccccc4C3=O)nc3ccccc3c2=O)cc1. The number of carbonyl (C=O) groups excluding carboxylic acids is 2.